The zero-order valence-corrected chi connectivity index (χ0v) is 13.1. The minimum absolute atomic E-state index is 0.357. The van der Waals surface area contributed by atoms with E-state index in [0.717, 1.165) is 0 Å². The van der Waals surface area contributed by atoms with Crippen LogP contribution in [-0.2, 0) is 15.1 Å². The van der Waals surface area contributed by atoms with E-state index in [1.807, 2.05) is 0 Å². The molecule has 5 nitrogen and oxygen atoms in total. The molecule has 0 saturated heterocycles. The summed E-state index contributed by atoms with van der Waals surface area (Å²) in [6.45, 7) is 8.68. The zero-order valence-electron chi connectivity index (χ0n) is 13.1. The first-order valence-electron chi connectivity index (χ1n) is 6.89. The highest BCUT2D eigenvalue weighted by Gasteiger charge is 2.45. The third-order valence-corrected chi connectivity index (χ3v) is 3.13. The van der Waals surface area contributed by atoms with Gasteiger partial charge in [0.05, 0.1) is 0 Å². The summed E-state index contributed by atoms with van der Waals surface area (Å²) in [5.41, 5.74) is -1.70. The maximum absolute atomic E-state index is 12.1. The maximum Gasteiger partial charge on any atom is 0.408 e. The quantitative estimate of drug-likeness (QED) is 0.894. The summed E-state index contributed by atoms with van der Waals surface area (Å²) in [6.07, 6.45) is -0.748. The molecule has 0 radical (unpaired) electrons. The van der Waals surface area contributed by atoms with E-state index in [1.165, 1.54) is 0 Å². The van der Waals surface area contributed by atoms with E-state index >= 15 is 0 Å². The number of carbonyl (C=O) groups excluding carboxylic acids is 1. The van der Waals surface area contributed by atoms with Crippen LogP contribution in [0.25, 0.3) is 0 Å². The lowest BCUT2D eigenvalue weighted by molar-refractivity contribution is -0.147. The SMILES string of the molecule is CC(C)C(NC(=O)OC(C)(C)C)(C(=O)O)c1ccccc1. The van der Waals surface area contributed by atoms with Gasteiger partial charge < -0.3 is 15.2 Å². The molecule has 0 bridgehead atoms. The fourth-order valence-corrected chi connectivity index (χ4v) is 2.14. The van der Waals surface area contributed by atoms with Gasteiger partial charge in [-0.2, -0.15) is 0 Å². The number of rotatable bonds is 4. The van der Waals surface area contributed by atoms with Crippen LogP contribution in [0.15, 0.2) is 30.3 Å². The molecule has 0 heterocycles. The van der Waals surface area contributed by atoms with Gasteiger partial charge >= 0.3 is 12.1 Å². The van der Waals surface area contributed by atoms with E-state index in [1.54, 1.807) is 65.0 Å². The van der Waals surface area contributed by atoms with Crippen molar-refractivity contribution in [2.45, 2.75) is 45.8 Å². The van der Waals surface area contributed by atoms with Crippen LogP contribution in [0.1, 0.15) is 40.2 Å². The molecule has 0 aliphatic rings. The van der Waals surface area contributed by atoms with Crippen LogP contribution in [0.4, 0.5) is 4.79 Å². The number of aliphatic carboxylic acids is 1. The molecule has 1 atom stereocenters. The van der Waals surface area contributed by atoms with Crippen LogP contribution in [0.3, 0.4) is 0 Å². The van der Waals surface area contributed by atoms with Crippen molar-refractivity contribution < 1.29 is 19.4 Å². The number of ether oxygens (including phenoxy) is 1. The van der Waals surface area contributed by atoms with Crippen LogP contribution < -0.4 is 5.32 Å². The summed E-state index contributed by atoms with van der Waals surface area (Å²) in [6, 6.07) is 8.65. The second kappa shape index (κ2) is 6.16. The first-order chi connectivity index (χ1) is 9.59. The molecule has 0 aromatic heterocycles. The maximum atomic E-state index is 12.1. The molecule has 0 saturated carbocycles. The van der Waals surface area contributed by atoms with Gasteiger partial charge in [0.1, 0.15) is 5.60 Å². The zero-order chi connectivity index (χ0) is 16.3. The van der Waals surface area contributed by atoms with Crippen LogP contribution in [0.2, 0.25) is 0 Å². The highest BCUT2D eigenvalue weighted by molar-refractivity contribution is 5.86. The minimum Gasteiger partial charge on any atom is -0.479 e. The standard InChI is InChI=1S/C16H23NO4/c1-11(2)16(13(18)19,12-9-7-6-8-10-12)17-14(20)21-15(3,4)5/h6-11H,1-5H3,(H,17,20)(H,18,19). The molecule has 116 valence electrons. The van der Waals surface area contributed by atoms with Gasteiger partial charge in [0.15, 0.2) is 5.54 Å². The highest BCUT2D eigenvalue weighted by Crippen LogP contribution is 2.30. The second-order valence-corrected chi connectivity index (χ2v) is 6.26. The van der Waals surface area contributed by atoms with E-state index in [-0.39, 0.29) is 5.92 Å². The molecule has 0 spiro atoms. The smallest absolute Gasteiger partial charge is 0.408 e. The number of benzene rings is 1. The molecule has 2 N–H and O–H groups in total. The highest BCUT2D eigenvalue weighted by atomic mass is 16.6. The average molecular weight is 293 g/mol. The largest absolute Gasteiger partial charge is 0.479 e. The second-order valence-electron chi connectivity index (χ2n) is 6.26. The first-order valence-corrected chi connectivity index (χ1v) is 6.89. The van der Waals surface area contributed by atoms with Crippen molar-refractivity contribution in [1.82, 2.24) is 5.32 Å². The summed E-state index contributed by atoms with van der Waals surface area (Å²) < 4.78 is 5.20. The minimum atomic E-state index is -1.52. The van der Waals surface area contributed by atoms with Crippen molar-refractivity contribution in [3.05, 3.63) is 35.9 Å². The Morgan fingerprint density at radius 2 is 1.67 bits per heavy atom. The predicted octanol–water partition coefficient (Wildman–Crippen LogP) is 3.15. The van der Waals surface area contributed by atoms with E-state index in [9.17, 15) is 14.7 Å². The lowest BCUT2D eigenvalue weighted by Crippen LogP contribution is -2.56. The molecule has 1 aromatic carbocycles. The number of hydrogen-bond acceptors (Lipinski definition) is 3. The van der Waals surface area contributed by atoms with Crippen molar-refractivity contribution in [3.63, 3.8) is 0 Å². The third-order valence-electron chi connectivity index (χ3n) is 3.13. The summed E-state index contributed by atoms with van der Waals surface area (Å²) in [4.78, 5) is 24.0. The van der Waals surface area contributed by atoms with Gasteiger partial charge in [-0.05, 0) is 32.3 Å². The monoisotopic (exact) mass is 293 g/mol. The number of carboxylic acid groups (broad SMARTS) is 1. The lowest BCUT2D eigenvalue weighted by atomic mass is 9.80. The molecule has 1 rings (SSSR count). The molecule has 21 heavy (non-hydrogen) atoms. The van der Waals surface area contributed by atoms with E-state index in [2.05, 4.69) is 5.32 Å². The molecule has 1 unspecified atom stereocenters. The Labute approximate surface area is 125 Å². The fourth-order valence-electron chi connectivity index (χ4n) is 2.14. The fraction of sp³-hybridized carbons (Fsp3) is 0.500. The van der Waals surface area contributed by atoms with Crippen LogP contribution >= 0.6 is 0 Å². The van der Waals surface area contributed by atoms with E-state index in [4.69, 9.17) is 4.74 Å². The van der Waals surface area contributed by atoms with Gasteiger partial charge in [-0.25, -0.2) is 9.59 Å². The molecular weight excluding hydrogens is 270 g/mol. The van der Waals surface area contributed by atoms with E-state index < -0.39 is 23.2 Å². The molecule has 1 amide bonds. The number of hydrogen-bond donors (Lipinski definition) is 2. The van der Waals surface area contributed by atoms with Crippen molar-refractivity contribution in [2.75, 3.05) is 0 Å². The number of carboxylic acids is 1. The van der Waals surface area contributed by atoms with Crippen LogP contribution in [-0.4, -0.2) is 22.8 Å². The molecule has 1 aromatic rings. The Balaban J connectivity index is 3.21. The number of alkyl carbamates (subject to hydrolysis) is 1. The summed E-state index contributed by atoms with van der Waals surface area (Å²) in [5, 5.41) is 12.3. The van der Waals surface area contributed by atoms with Gasteiger partial charge in [-0.1, -0.05) is 44.2 Å². The Hall–Kier alpha value is -2.04. The summed E-state index contributed by atoms with van der Waals surface area (Å²) in [7, 11) is 0. The van der Waals surface area contributed by atoms with Gasteiger partial charge in [-0.3, -0.25) is 0 Å². The predicted molar refractivity (Wildman–Crippen MR) is 80.0 cm³/mol. The molecule has 0 aliphatic carbocycles. The number of carbonyl (C=O) groups is 2. The Bertz CT molecular complexity index is 505. The van der Waals surface area contributed by atoms with Gasteiger partial charge in [0.25, 0.3) is 0 Å². The van der Waals surface area contributed by atoms with E-state index in [0.29, 0.717) is 5.56 Å². The van der Waals surface area contributed by atoms with Crippen molar-refractivity contribution in [2.24, 2.45) is 5.92 Å². The van der Waals surface area contributed by atoms with Crippen LogP contribution in [0, 0.1) is 5.92 Å². The Morgan fingerprint density at radius 1 is 1.14 bits per heavy atom. The normalized spacial score (nSPS) is 14.4. The average Bonchev–Trinajstić information content (AvgIpc) is 2.34. The molecular formula is C16H23NO4. The van der Waals surface area contributed by atoms with Crippen molar-refractivity contribution in [3.8, 4) is 0 Å². The Kier molecular flexibility index (Phi) is 4.99. The summed E-state index contributed by atoms with van der Waals surface area (Å²) in [5.74, 6) is -1.47. The van der Waals surface area contributed by atoms with Crippen molar-refractivity contribution >= 4 is 12.1 Å². The first kappa shape index (κ1) is 17.0. The van der Waals surface area contributed by atoms with Gasteiger partial charge in [-0.15, -0.1) is 0 Å². The molecule has 5 heteroatoms. The number of amides is 1. The van der Waals surface area contributed by atoms with Crippen LogP contribution in [0.5, 0.6) is 0 Å². The molecule has 0 fully saturated rings. The third kappa shape index (κ3) is 3.97. The molecule has 0 aliphatic heterocycles. The summed E-state index contributed by atoms with van der Waals surface area (Å²) >= 11 is 0. The lowest BCUT2D eigenvalue weighted by Gasteiger charge is -2.35. The van der Waals surface area contributed by atoms with Gasteiger partial charge in [0, 0.05) is 0 Å². The Morgan fingerprint density at radius 3 is 2.05 bits per heavy atom. The number of nitrogens with one attached hydrogen (secondary N) is 1. The van der Waals surface area contributed by atoms with Crippen molar-refractivity contribution in [1.29, 1.82) is 0 Å². The topological polar surface area (TPSA) is 75.6 Å². The van der Waals surface area contributed by atoms with Gasteiger partial charge in [0.2, 0.25) is 0 Å².